The van der Waals surface area contributed by atoms with Crippen LogP contribution in [0.25, 0.3) is 0 Å². The van der Waals surface area contributed by atoms with Crippen molar-refractivity contribution in [2.45, 2.75) is 57.9 Å². The van der Waals surface area contributed by atoms with Crippen LogP contribution in [0.5, 0.6) is 0 Å². The highest BCUT2D eigenvalue weighted by atomic mass is 35.7. The van der Waals surface area contributed by atoms with Crippen molar-refractivity contribution in [3.8, 4) is 0 Å². The van der Waals surface area contributed by atoms with E-state index in [1.807, 2.05) is 6.92 Å². The Bertz CT molecular complexity index is 594. The molecule has 1 heterocycles. The second kappa shape index (κ2) is 7.26. The molecule has 0 saturated heterocycles. The summed E-state index contributed by atoms with van der Waals surface area (Å²) in [5.74, 6) is -0.195. The molecule has 0 radical (unpaired) electrons. The van der Waals surface area contributed by atoms with Gasteiger partial charge in [-0.15, -0.1) is 0 Å². The summed E-state index contributed by atoms with van der Waals surface area (Å²) < 4.78 is 23.3. The van der Waals surface area contributed by atoms with E-state index in [9.17, 15) is 13.2 Å². The minimum absolute atomic E-state index is 0.0693. The van der Waals surface area contributed by atoms with E-state index in [-0.39, 0.29) is 16.6 Å². The maximum Gasteiger partial charge on any atom is 0.273 e. The Labute approximate surface area is 130 Å². The molecule has 1 atom stereocenters. The fourth-order valence-electron chi connectivity index (χ4n) is 2.41. The zero-order chi connectivity index (χ0) is 16.2. The number of amides is 1. The predicted octanol–water partition coefficient (Wildman–Crippen LogP) is 2.45. The smallest absolute Gasteiger partial charge is 0.273 e. The van der Waals surface area contributed by atoms with Gasteiger partial charge < -0.3 is 5.32 Å². The molecule has 1 amide bonds. The molecule has 0 aliphatic carbocycles. The van der Waals surface area contributed by atoms with E-state index in [2.05, 4.69) is 29.4 Å². The lowest BCUT2D eigenvalue weighted by atomic mass is 9.95. The number of nitrogens with one attached hydrogen (secondary N) is 2. The second-order valence-electron chi connectivity index (χ2n) is 5.01. The first-order valence-electron chi connectivity index (χ1n) is 7.08. The number of carbonyl (C=O) groups excluding carboxylic acids is 1. The van der Waals surface area contributed by atoms with Crippen molar-refractivity contribution in [2.24, 2.45) is 5.92 Å². The van der Waals surface area contributed by atoms with Crippen molar-refractivity contribution in [1.29, 1.82) is 0 Å². The molecule has 1 aromatic rings. The SMILES string of the molecule is CCc1[nH]nc(C(=O)NC(C)C(CC)CC)c1S(=O)(=O)Cl. The van der Waals surface area contributed by atoms with Gasteiger partial charge in [-0.2, -0.15) is 5.10 Å². The van der Waals surface area contributed by atoms with E-state index in [0.717, 1.165) is 12.8 Å². The standard InChI is InChI=1S/C13H22ClN3O3S/c1-5-9(6-2)8(4)15-13(18)11-12(21(14,19)20)10(7-3)16-17-11/h8-9H,5-7H2,1-4H3,(H,15,18)(H,16,17). The van der Waals surface area contributed by atoms with E-state index in [1.165, 1.54) is 0 Å². The first-order chi connectivity index (χ1) is 9.76. The summed E-state index contributed by atoms with van der Waals surface area (Å²) in [5, 5.41) is 9.19. The largest absolute Gasteiger partial charge is 0.348 e. The number of aryl methyl sites for hydroxylation is 1. The average molecular weight is 336 g/mol. The van der Waals surface area contributed by atoms with Gasteiger partial charge in [0.05, 0.1) is 5.69 Å². The van der Waals surface area contributed by atoms with Gasteiger partial charge in [0.2, 0.25) is 0 Å². The van der Waals surface area contributed by atoms with Crippen LogP contribution in [0.2, 0.25) is 0 Å². The summed E-state index contributed by atoms with van der Waals surface area (Å²) >= 11 is 0. The van der Waals surface area contributed by atoms with Crippen LogP contribution in [0.4, 0.5) is 0 Å². The van der Waals surface area contributed by atoms with Gasteiger partial charge in [-0.25, -0.2) is 8.42 Å². The van der Waals surface area contributed by atoms with E-state index >= 15 is 0 Å². The minimum Gasteiger partial charge on any atom is -0.348 e. The van der Waals surface area contributed by atoms with Crippen LogP contribution in [-0.4, -0.2) is 30.6 Å². The van der Waals surface area contributed by atoms with Crippen LogP contribution >= 0.6 is 10.7 Å². The number of carbonyl (C=O) groups is 1. The van der Waals surface area contributed by atoms with E-state index in [1.54, 1.807) is 6.92 Å². The Kier molecular flexibility index (Phi) is 6.22. The summed E-state index contributed by atoms with van der Waals surface area (Å²) in [6.07, 6.45) is 2.25. The molecule has 0 bridgehead atoms. The first-order valence-corrected chi connectivity index (χ1v) is 9.39. The number of rotatable bonds is 7. The summed E-state index contributed by atoms with van der Waals surface area (Å²) in [5.41, 5.74) is 0.171. The molecule has 2 N–H and O–H groups in total. The Balaban J connectivity index is 3.07. The average Bonchev–Trinajstić information content (AvgIpc) is 2.83. The molecule has 8 heteroatoms. The maximum atomic E-state index is 12.3. The number of hydrogen-bond donors (Lipinski definition) is 2. The molecular weight excluding hydrogens is 314 g/mol. The number of hydrogen-bond acceptors (Lipinski definition) is 4. The summed E-state index contributed by atoms with van der Waals surface area (Å²) in [4.78, 5) is 12.1. The lowest BCUT2D eigenvalue weighted by Crippen LogP contribution is -2.38. The molecule has 0 spiro atoms. The van der Waals surface area contributed by atoms with Gasteiger partial charge in [-0.1, -0.05) is 33.6 Å². The summed E-state index contributed by atoms with van der Waals surface area (Å²) in [6.45, 7) is 7.76. The van der Waals surface area contributed by atoms with Crippen molar-refractivity contribution >= 4 is 25.6 Å². The highest BCUT2D eigenvalue weighted by molar-refractivity contribution is 8.13. The molecule has 1 aromatic heterocycles. The molecular formula is C13H22ClN3O3S. The fraction of sp³-hybridized carbons (Fsp3) is 0.692. The molecule has 1 unspecified atom stereocenters. The predicted molar refractivity (Wildman–Crippen MR) is 82.0 cm³/mol. The molecule has 0 aromatic carbocycles. The minimum atomic E-state index is -4.03. The second-order valence-corrected chi connectivity index (χ2v) is 7.51. The Hall–Kier alpha value is -1.08. The van der Waals surface area contributed by atoms with Gasteiger partial charge >= 0.3 is 0 Å². The Morgan fingerprint density at radius 3 is 2.33 bits per heavy atom. The Morgan fingerprint density at radius 2 is 1.90 bits per heavy atom. The van der Waals surface area contributed by atoms with E-state index in [4.69, 9.17) is 10.7 Å². The molecule has 0 fully saturated rings. The van der Waals surface area contributed by atoms with Gasteiger partial charge in [0, 0.05) is 16.7 Å². The number of aromatic amines is 1. The number of halogens is 1. The third-order valence-corrected chi connectivity index (χ3v) is 5.11. The van der Waals surface area contributed by atoms with E-state index < -0.39 is 15.0 Å². The molecule has 0 saturated carbocycles. The Morgan fingerprint density at radius 1 is 1.33 bits per heavy atom. The molecule has 0 aliphatic heterocycles. The van der Waals surface area contributed by atoms with Crippen LogP contribution in [0.3, 0.4) is 0 Å². The normalized spacial score (nSPS) is 13.4. The maximum absolute atomic E-state index is 12.3. The highest BCUT2D eigenvalue weighted by Crippen LogP contribution is 2.23. The summed E-state index contributed by atoms with van der Waals surface area (Å²) in [6, 6.07) is -0.0693. The van der Waals surface area contributed by atoms with Crippen LogP contribution in [0, 0.1) is 5.92 Å². The third kappa shape index (κ3) is 4.20. The van der Waals surface area contributed by atoms with Crippen LogP contribution in [0.15, 0.2) is 4.90 Å². The van der Waals surface area contributed by atoms with Crippen molar-refractivity contribution in [3.05, 3.63) is 11.4 Å². The quantitative estimate of drug-likeness (QED) is 0.749. The monoisotopic (exact) mass is 335 g/mol. The van der Waals surface area contributed by atoms with Gasteiger partial charge in [-0.05, 0) is 19.3 Å². The van der Waals surface area contributed by atoms with E-state index in [0.29, 0.717) is 18.0 Å². The lowest BCUT2D eigenvalue weighted by Gasteiger charge is -2.22. The van der Waals surface area contributed by atoms with Crippen LogP contribution in [-0.2, 0) is 15.5 Å². The zero-order valence-electron chi connectivity index (χ0n) is 12.7. The van der Waals surface area contributed by atoms with Crippen molar-refractivity contribution in [2.75, 3.05) is 0 Å². The lowest BCUT2D eigenvalue weighted by molar-refractivity contribution is 0.0916. The van der Waals surface area contributed by atoms with Gasteiger partial charge in [-0.3, -0.25) is 9.89 Å². The number of aromatic nitrogens is 2. The summed E-state index contributed by atoms with van der Waals surface area (Å²) in [7, 11) is 1.39. The molecule has 120 valence electrons. The van der Waals surface area contributed by atoms with Gasteiger partial charge in [0.1, 0.15) is 4.90 Å². The fourth-order valence-corrected chi connectivity index (χ4v) is 3.76. The molecule has 6 nitrogen and oxygen atoms in total. The topological polar surface area (TPSA) is 91.9 Å². The van der Waals surface area contributed by atoms with Gasteiger partial charge in [0.25, 0.3) is 15.0 Å². The zero-order valence-corrected chi connectivity index (χ0v) is 14.3. The first kappa shape index (κ1) is 18.0. The van der Waals surface area contributed by atoms with Crippen molar-refractivity contribution in [1.82, 2.24) is 15.5 Å². The molecule has 1 rings (SSSR count). The molecule has 21 heavy (non-hydrogen) atoms. The van der Waals surface area contributed by atoms with Crippen molar-refractivity contribution in [3.63, 3.8) is 0 Å². The third-order valence-electron chi connectivity index (χ3n) is 3.72. The van der Waals surface area contributed by atoms with Crippen molar-refractivity contribution < 1.29 is 13.2 Å². The van der Waals surface area contributed by atoms with Crippen LogP contribution in [0.1, 0.15) is 56.7 Å². The van der Waals surface area contributed by atoms with Gasteiger partial charge in [0.15, 0.2) is 5.69 Å². The molecule has 0 aliphatic rings. The van der Waals surface area contributed by atoms with Crippen LogP contribution < -0.4 is 5.32 Å². The number of nitrogens with zero attached hydrogens (tertiary/aromatic N) is 1. The number of H-pyrrole nitrogens is 1. The highest BCUT2D eigenvalue weighted by Gasteiger charge is 2.29.